The summed E-state index contributed by atoms with van der Waals surface area (Å²) in [5.74, 6) is 0.232. The molecule has 7 nitrogen and oxygen atoms in total. The van der Waals surface area contributed by atoms with Crippen LogP contribution in [-0.2, 0) is 17.8 Å². The Hall–Kier alpha value is -2.25. The number of hydrogen-bond acceptors (Lipinski definition) is 5. The molecule has 2 heterocycles. The minimum Gasteiger partial charge on any atom is -0.383 e. The van der Waals surface area contributed by atoms with Gasteiger partial charge in [0.05, 0.1) is 19.8 Å². The van der Waals surface area contributed by atoms with Gasteiger partial charge in [-0.15, -0.1) is 0 Å². The number of hydrogen-bond donors (Lipinski definition) is 1. The first-order chi connectivity index (χ1) is 13.0. The second kappa shape index (κ2) is 8.63. The zero-order valence-electron chi connectivity index (χ0n) is 15.5. The fraction of sp³-hybridized carbons (Fsp3) is 0.474. The molecule has 3 rings (SSSR count). The molecule has 0 aliphatic carbocycles. The van der Waals surface area contributed by atoms with E-state index in [1.807, 2.05) is 30.0 Å². The highest BCUT2D eigenvalue weighted by atomic mass is 35.5. The molecule has 0 amide bonds. The summed E-state index contributed by atoms with van der Waals surface area (Å²) in [7, 11) is 0. The molecule has 1 aliphatic heterocycles. The summed E-state index contributed by atoms with van der Waals surface area (Å²) >= 11 is 6.25. The van der Waals surface area contributed by atoms with E-state index < -0.39 is 5.69 Å². The number of morpholine rings is 1. The molecule has 8 heteroatoms. The van der Waals surface area contributed by atoms with E-state index >= 15 is 0 Å². The van der Waals surface area contributed by atoms with Crippen molar-refractivity contribution in [1.29, 1.82) is 0 Å². The van der Waals surface area contributed by atoms with Crippen LogP contribution in [0, 0.1) is 0 Å². The van der Waals surface area contributed by atoms with Crippen molar-refractivity contribution >= 4 is 23.1 Å². The van der Waals surface area contributed by atoms with Crippen LogP contribution in [-0.4, -0.2) is 35.4 Å². The van der Waals surface area contributed by atoms with E-state index in [4.69, 9.17) is 22.1 Å². The van der Waals surface area contributed by atoms with Gasteiger partial charge < -0.3 is 15.4 Å². The van der Waals surface area contributed by atoms with Crippen LogP contribution < -0.4 is 21.9 Å². The molecular weight excluding hydrogens is 368 g/mol. The molecule has 2 aromatic rings. The van der Waals surface area contributed by atoms with Crippen LogP contribution in [0.15, 0.2) is 33.9 Å². The lowest BCUT2D eigenvalue weighted by Gasteiger charge is -2.30. The number of nitrogens with two attached hydrogens (primary N) is 1. The molecule has 0 unspecified atom stereocenters. The monoisotopic (exact) mass is 392 g/mol. The fourth-order valence-electron chi connectivity index (χ4n) is 3.25. The predicted molar refractivity (Wildman–Crippen MR) is 108 cm³/mol. The quantitative estimate of drug-likeness (QED) is 0.812. The second-order valence-electron chi connectivity index (χ2n) is 6.60. The van der Waals surface area contributed by atoms with Gasteiger partial charge in [-0.25, -0.2) is 4.79 Å². The van der Waals surface area contributed by atoms with Crippen molar-refractivity contribution in [2.75, 3.05) is 36.9 Å². The third kappa shape index (κ3) is 4.04. The maximum Gasteiger partial charge on any atom is 0.332 e. The van der Waals surface area contributed by atoms with Crippen LogP contribution in [0.3, 0.4) is 0 Å². The number of rotatable bonds is 6. The first-order valence-electron chi connectivity index (χ1n) is 9.23. The maximum absolute atomic E-state index is 13.2. The van der Waals surface area contributed by atoms with Gasteiger partial charge >= 0.3 is 5.69 Å². The number of aromatic nitrogens is 2. The highest BCUT2D eigenvalue weighted by Gasteiger charge is 2.23. The molecule has 1 fully saturated rings. The lowest BCUT2D eigenvalue weighted by Crippen LogP contribution is -2.47. The van der Waals surface area contributed by atoms with Gasteiger partial charge in [0.25, 0.3) is 5.56 Å². The zero-order chi connectivity index (χ0) is 19.4. The molecule has 146 valence electrons. The molecule has 27 heavy (non-hydrogen) atoms. The molecule has 1 aromatic carbocycles. The van der Waals surface area contributed by atoms with Crippen molar-refractivity contribution in [3.63, 3.8) is 0 Å². The number of unbranched alkanes of at least 4 members (excludes halogenated alkanes) is 1. The molecule has 0 saturated carbocycles. The van der Waals surface area contributed by atoms with Crippen molar-refractivity contribution in [3.8, 4) is 0 Å². The molecule has 2 N–H and O–H groups in total. The third-order valence-electron chi connectivity index (χ3n) is 4.79. The largest absolute Gasteiger partial charge is 0.383 e. The Bertz CT molecular complexity index is 916. The first kappa shape index (κ1) is 19.5. The van der Waals surface area contributed by atoms with Crippen molar-refractivity contribution < 1.29 is 4.74 Å². The van der Waals surface area contributed by atoms with Crippen molar-refractivity contribution in [2.45, 2.75) is 32.9 Å². The minimum absolute atomic E-state index is 0.112. The van der Waals surface area contributed by atoms with E-state index in [9.17, 15) is 9.59 Å². The van der Waals surface area contributed by atoms with Gasteiger partial charge in [-0.2, -0.15) is 0 Å². The summed E-state index contributed by atoms with van der Waals surface area (Å²) in [4.78, 5) is 28.1. The summed E-state index contributed by atoms with van der Waals surface area (Å²) in [6, 6.07) is 7.21. The Balaban J connectivity index is 2.14. The molecular formula is C19H25ClN4O3. The number of nitrogen functional groups attached to an aromatic ring is 1. The number of ether oxygens (including phenoxy) is 1. The average Bonchev–Trinajstić information content (AvgIpc) is 2.67. The average molecular weight is 393 g/mol. The van der Waals surface area contributed by atoms with Crippen molar-refractivity contribution in [2.24, 2.45) is 0 Å². The van der Waals surface area contributed by atoms with Gasteiger partial charge in [-0.3, -0.25) is 13.9 Å². The summed E-state index contributed by atoms with van der Waals surface area (Å²) in [5.41, 5.74) is 6.60. The van der Waals surface area contributed by atoms with Crippen LogP contribution in [0.1, 0.15) is 25.3 Å². The van der Waals surface area contributed by atoms with Gasteiger partial charge in [0.1, 0.15) is 11.5 Å². The lowest BCUT2D eigenvalue weighted by atomic mass is 10.2. The van der Waals surface area contributed by atoms with Gasteiger partial charge in [-0.05, 0) is 18.1 Å². The summed E-state index contributed by atoms with van der Waals surface area (Å²) in [5, 5.41) is 0.522. The van der Waals surface area contributed by atoms with E-state index in [1.165, 1.54) is 9.13 Å². The summed E-state index contributed by atoms with van der Waals surface area (Å²) < 4.78 is 8.12. The van der Waals surface area contributed by atoms with Crippen molar-refractivity contribution in [1.82, 2.24) is 9.13 Å². The van der Waals surface area contributed by atoms with Gasteiger partial charge in [0, 0.05) is 24.7 Å². The van der Waals surface area contributed by atoms with Gasteiger partial charge in [0.2, 0.25) is 0 Å². The van der Waals surface area contributed by atoms with Crippen LogP contribution in [0.4, 0.5) is 11.5 Å². The van der Waals surface area contributed by atoms with Crippen LogP contribution in [0.2, 0.25) is 5.02 Å². The van der Waals surface area contributed by atoms with E-state index in [0.29, 0.717) is 43.6 Å². The highest BCUT2D eigenvalue weighted by molar-refractivity contribution is 6.31. The highest BCUT2D eigenvalue weighted by Crippen LogP contribution is 2.20. The van der Waals surface area contributed by atoms with E-state index in [2.05, 4.69) is 0 Å². The number of halogens is 1. The number of nitrogens with zero attached hydrogens (tertiary/aromatic N) is 3. The molecule has 1 aromatic heterocycles. The Morgan fingerprint density at radius 1 is 1.15 bits per heavy atom. The van der Waals surface area contributed by atoms with E-state index in [-0.39, 0.29) is 17.9 Å². The topological polar surface area (TPSA) is 82.5 Å². The molecule has 0 radical (unpaired) electrons. The maximum atomic E-state index is 13.2. The Kier molecular flexibility index (Phi) is 6.23. The number of anilines is 2. The molecule has 0 bridgehead atoms. The molecule has 0 atom stereocenters. The molecule has 1 aliphatic rings. The number of benzene rings is 1. The smallest absolute Gasteiger partial charge is 0.332 e. The fourth-order valence-corrected chi connectivity index (χ4v) is 3.45. The van der Waals surface area contributed by atoms with Crippen molar-refractivity contribution in [3.05, 3.63) is 55.7 Å². The Morgan fingerprint density at radius 2 is 1.85 bits per heavy atom. The SMILES string of the molecule is CCCCn1c(N)c(N2CCOCC2)c(=O)n(Cc2ccccc2Cl)c1=O. The Morgan fingerprint density at radius 3 is 2.52 bits per heavy atom. The summed E-state index contributed by atoms with van der Waals surface area (Å²) in [6.45, 7) is 4.82. The second-order valence-corrected chi connectivity index (χ2v) is 7.01. The van der Waals surface area contributed by atoms with Crippen LogP contribution in [0.5, 0.6) is 0 Å². The minimum atomic E-state index is -0.400. The van der Waals surface area contributed by atoms with E-state index in [0.717, 1.165) is 18.4 Å². The van der Waals surface area contributed by atoms with Crippen LogP contribution >= 0.6 is 11.6 Å². The predicted octanol–water partition coefficient (Wildman–Crippen LogP) is 1.93. The molecule has 0 spiro atoms. The zero-order valence-corrected chi connectivity index (χ0v) is 16.2. The third-order valence-corrected chi connectivity index (χ3v) is 5.16. The first-order valence-corrected chi connectivity index (χ1v) is 9.61. The summed E-state index contributed by atoms with van der Waals surface area (Å²) in [6.07, 6.45) is 1.72. The normalized spacial score (nSPS) is 14.5. The van der Waals surface area contributed by atoms with Gasteiger partial charge in [0.15, 0.2) is 0 Å². The van der Waals surface area contributed by atoms with Gasteiger partial charge in [-0.1, -0.05) is 43.1 Å². The van der Waals surface area contributed by atoms with Crippen LogP contribution in [0.25, 0.3) is 0 Å². The standard InChI is InChI=1S/C19H25ClN4O3/c1-2-3-8-23-17(21)16(22-9-11-27-12-10-22)18(25)24(19(23)26)13-14-6-4-5-7-15(14)20/h4-7H,2-3,8-13,21H2,1H3. The lowest BCUT2D eigenvalue weighted by molar-refractivity contribution is 0.122. The van der Waals surface area contributed by atoms with E-state index in [1.54, 1.807) is 6.07 Å². The Labute approximate surface area is 162 Å². The molecule has 1 saturated heterocycles.